The lowest BCUT2D eigenvalue weighted by Gasteiger charge is -2.11. The maximum atomic E-state index is 12.1. The molecule has 0 unspecified atom stereocenters. The molecular weight excluding hydrogens is 340 g/mol. The molecule has 134 valence electrons. The zero-order valence-corrected chi connectivity index (χ0v) is 15.8. The second kappa shape index (κ2) is 7.20. The third-order valence-corrected chi connectivity index (χ3v) is 5.70. The third kappa shape index (κ3) is 4.15. The minimum atomic E-state index is -3.48. The number of nitrogens with one attached hydrogen (secondary N) is 1. The first kappa shape index (κ1) is 18.9. The van der Waals surface area contributed by atoms with Crippen LogP contribution in [0.15, 0.2) is 35.2 Å². The molecule has 0 saturated heterocycles. The van der Waals surface area contributed by atoms with E-state index >= 15 is 0 Å². The summed E-state index contributed by atoms with van der Waals surface area (Å²) in [6.45, 7) is 3.82. The molecule has 0 saturated carbocycles. The smallest absolute Gasteiger partial charge is 0.248 e. The maximum absolute atomic E-state index is 12.1. The summed E-state index contributed by atoms with van der Waals surface area (Å²) >= 11 is 0. The quantitative estimate of drug-likeness (QED) is 0.824. The summed E-state index contributed by atoms with van der Waals surface area (Å²) in [6.07, 6.45) is 3.15. The van der Waals surface area contributed by atoms with Crippen molar-refractivity contribution in [1.82, 2.24) is 14.1 Å². The Kier molecular flexibility index (Phi) is 5.44. The number of rotatable bonds is 5. The van der Waals surface area contributed by atoms with E-state index in [-0.39, 0.29) is 10.8 Å². The number of nitrogens with zero attached hydrogens (tertiary/aromatic N) is 3. The molecule has 1 aromatic heterocycles. The first-order valence-electron chi connectivity index (χ1n) is 7.65. The van der Waals surface area contributed by atoms with Crippen LogP contribution in [0.25, 0.3) is 6.08 Å². The monoisotopic (exact) mass is 362 g/mol. The summed E-state index contributed by atoms with van der Waals surface area (Å²) in [6, 6.07) is 6.04. The lowest BCUT2D eigenvalue weighted by molar-refractivity contribution is -0.111. The molecule has 2 aromatic rings. The first-order chi connectivity index (χ1) is 11.6. The van der Waals surface area contributed by atoms with Gasteiger partial charge in [0.2, 0.25) is 15.9 Å². The number of aryl methyl sites for hydroxylation is 2. The Morgan fingerprint density at radius 3 is 2.28 bits per heavy atom. The van der Waals surface area contributed by atoms with Gasteiger partial charge >= 0.3 is 0 Å². The molecule has 1 amide bonds. The fraction of sp³-hybridized carbons (Fsp3) is 0.294. The van der Waals surface area contributed by atoms with E-state index in [1.54, 1.807) is 22.9 Å². The van der Waals surface area contributed by atoms with Crippen LogP contribution in [0.4, 0.5) is 5.69 Å². The largest absolute Gasteiger partial charge is 0.323 e. The number of hydrogen-bond donors (Lipinski definition) is 1. The number of sulfonamides is 1. The van der Waals surface area contributed by atoms with Crippen molar-refractivity contribution in [3.05, 3.63) is 47.3 Å². The SMILES string of the molecule is Cc1nn(C)c(C)c1C=CC(=O)Nc1ccc(S(=O)(=O)N(C)C)cc1. The number of aromatic nitrogens is 2. The minimum Gasteiger partial charge on any atom is -0.323 e. The Bertz CT molecular complexity index is 910. The van der Waals surface area contributed by atoms with E-state index in [1.165, 1.54) is 32.3 Å². The van der Waals surface area contributed by atoms with E-state index in [4.69, 9.17) is 0 Å². The van der Waals surface area contributed by atoms with Crippen molar-refractivity contribution in [2.24, 2.45) is 7.05 Å². The van der Waals surface area contributed by atoms with Crippen LogP contribution < -0.4 is 5.32 Å². The highest BCUT2D eigenvalue weighted by Gasteiger charge is 2.16. The number of carbonyl (C=O) groups excluding carboxylic acids is 1. The molecule has 1 heterocycles. The predicted molar refractivity (Wildman–Crippen MR) is 97.7 cm³/mol. The molecule has 1 aromatic carbocycles. The topological polar surface area (TPSA) is 84.3 Å². The van der Waals surface area contributed by atoms with Crippen LogP contribution in [0.1, 0.15) is 17.0 Å². The summed E-state index contributed by atoms with van der Waals surface area (Å²) in [5, 5.41) is 7.00. The molecular formula is C17H22N4O3S. The van der Waals surface area contributed by atoms with Gasteiger partial charge in [-0.1, -0.05) is 0 Å². The van der Waals surface area contributed by atoms with Crippen molar-refractivity contribution in [3.63, 3.8) is 0 Å². The van der Waals surface area contributed by atoms with Crippen LogP contribution in [0.5, 0.6) is 0 Å². The van der Waals surface area contributed by atoms with Crippen LogP contribution in [0, 0.1) is 13.8 Å². The van der Waals surface area contributed by atoms with Gasteiger partial charge in [-0.2, -0.15) is 5.10 Å². The van der Waals surface area contributed by atoms with Gasteiger partial charge in [-0.15, -0.1) is 0 Å². The van der Waals surface area contributed by atoms with Gasteiger partial charge in [-0.05, 0) is 44.2 Å². The van der Waals surface area contributed by atoms with Crippen molar-refractivity contribution < 1.29 is 13.2 Å². The Labute approximate surface area is 148 Å². The molecule has 7 nitrogen and oxygen atoms in total. The molecule has 8 heteroatoms. The molecule has 1 N–H and O–H groups in total. The number of benzene rings is 1. The van der Waals surface area contributed by atoms with E-state index in [0.717, 1.165) is 21.3 Å². The van der Waals surface area contributed by atoms with Crippen molar-refractivity contribution in [3.8, 4) is 0 Å². The zero-order valence-electron chi connectivity index (χ0n) is 14.9. The summed E-state index contributed by atoms with van der Waals surface area (Å²) < 4.78 is 26.9. The Morgan fingerprint density at radius 1 is 1.20 bits per heavy atom. The number of hydrogen-bond acceptors (Lipinski definition) is 4. The van der Waals surface area contributed by atoms with Crippen molar-refractivity contribution in [2.45, 2.75) is 18.7 Å². The third-order valence-electron chi connectivity index (χ3n) is 3.87. The highest BCUT2D eigenvalue weighted by Crippen LogP contribution is 2.17. The highest BCUT2D eigenvalue weighted by molar-refractivity contribution is 7.89. The molecule has 0 aliphatic heterocycles. The standard InChI is InChI=1S/C17H22N4O3S/c1-12-16(13(2)21(5)19-12)10-11-17(22)18-14-6-8-15(9-7-14)25(23,24)20(3)4/h6-11H,1-5H3,(H,18,22). The Hall–Kier alpha value is -2.45. The van der Waals surface area contributed by atoms with E-state index in [9.17, 15) is 13.2 Å². The fourth-order valence-corrected chi connectivity index (χ4v) is 3.20. The molecule has 0 spiro atoms. The van der Waals surface area contributed by atoms with Crippen LogP contribution in [0.3, 0.4) is 0 Å². The van der Waals surface area contributed by atoms with Crippen molar-refractivity contribution in [2.75, 3.05) is 19.4 Å². The normalized spacial score (nSPS) is 12.1. The van der Waals surface area contributed by atoms with E-state index < -0.39 is 10.0 Å². The average molecular weight is 362 g/mol. The van der Waals surface area contributed by atoms with Gasteiger partial charge in [-0.3, -0.25) is 9.48 Å². The summed E-state index contributed by atoms with van der Waals surface area (Å²) in [7, 11) is 1.31. The number of amides is 1. The zero-order chi connectivity index (χ0) is 18.8. The molecule has 0 aliphatic carbocycles. The van der Waals surface area contributed by atoms with Gasteiger partial charge in [-0.25, -0.2) is 12.7 Å². The van der Waals surface area contributed by atoms with Crippen molar-refractivity contribution in [1.29, 1.82) is 0 Å². The molecule has 0 fully saturated rings. The second-order valence-electron chi connectivity index (χ2n) is 5.84. The Morgan fingerprint density at radius 2 is 1.80 bits per heavy atom. The lowest BCUT2D eigenvalue weighted by Crippen LogP contribution is -2.22. The molecule has 0 atom stereocenters. The molecule has 2 rings (SSSR count). The van der Waals surface area contributed by atoms with Crippen LogP contribution in [-0.4, -0.2) is 42.5 Å². The van der Waals surface area contributed by atoms with E-state index in [2.05, 4.69) is 10.4 Å². The molecule has 0 bridgehead atoms. The van der Waals surface area contributed by atoms with Crippen LogP contribution >= 0.6 is 0 Å². The molecule has 0 radical (unpaired) electrons. The molecule has 0 aliphatic rings. The number of carbonyl (C=O) groups is 1. The van der Waals surface area contributed by atoms with Crippen LogP contribution in [0.2, 0.25) is 0 Å². The van der Waals surface area contributed by atoms with Gasteiger partial charge in [0.25, 0.3) is 0 Å². The first-order valence-corrected chi connectivity index (χ1v) is 9.09. The second-order valence-corrected chi connectivity index (χ2v) is 7.99. The van der Waals surface area contributed by atoms with Gasteiger partial charge < -0.3 is 5.32 Å². The highest BCUT2D eigenvalue weighted by atomic mass is 32.2. The fourth-order valence-electron chi connectivity index (χ4n) is 2.30. The summed E-state index contributed by atoms with van der Waals surface area (Å²) in [4.78, 5) is 12.2. The van der Waals surface area contributed by atoms with E-state index in [1.807, 2.05) is 20.9 Å². The predicted octanol–water partition coefficient (Wildman–Crippen LogP) is 1.94. The lowest BCUT2D eigenvalue weighted by atomic mass is 10.2. The average Bonchev–Trinajstić information content (AvgIpc) is 2.78. The summed E-state index contributed by atoms with van der Waals surface area (Å²) in [5.41, 5.74) is 3.25. The van der Waals surface area contributed by atoms with Gasteiger partial charge in [0.1, 0.15) is 0 Å². The van der Waals surface area contributed by atoms with Crippen LogP contribution in [-0.2, 0) is 21.9 Å². The van der Waals surface area contributed by atoms with E-state index in [0.29, 0.717) is 5.69 Å². The minimum absolute atomic E-state index is 0.174. The summed E-state index contributed by atoms with van der Waals surface area (Å²) in [5.74, 6) is -0.300. The number of anilines is 1. The van der Waals surface area contributed by atoms with Gasteiger partial charge in [0, 0.05) is 44.2 Å². The molecule has 25 heavy (non-hydrogen) atoms. The van der Waals surface area contributed by atoms with Gasteiger partial charge in [0.05, 0.1) is 10.6 Å². The maximum Gasteiger partial charge on any atom is 0.248 e. The van der Waals surface area contributed by atoms with Crippen molar-refractivity contribution >= 4 is 27.7 Å². The Balaban J connectivity index is 2.10. The van der Waals surface area contributed by atoms with Gasteiger partial charge in [0.15, 0.2) is 0 Å².